The van der Waals surface area contributed by atoms with Crippen molar-refractivity contribution in [2.45, 2.75) is 50.8 Å². The second-order valence-electron chi connectivity index (χ2n) is 8.23. The minimum atomic E-state index is -0.993. The van der Waals surface area contributed by atoms with Crippen LogP contribution in [0.15, 0.2) is 36.8 Å². The van der Waals surface area contributed by atoms with E-state index in [4.69, 9.17) is 11.6 Å². The number of aromatic amines is 1. The molecule has 0 bridgehead atoms. The fourth-order valence-corrected chi connectivity index (χ4v) is 4.54. The first-order valence-corrected chi connectivity index (χ1v) is 11.1. The first kappa shape index (κ1) is 22.2. The summed E-state index contributed by atoms with van der Waals surface area (Å²) in [6, 6.07) is 7.21. The van der Waals surface area contributed by atoms with Crippen LogP contribution in [-0.4, -0.2) is 61.9 Å². The van der Waals surface area contributed by atoms with E-state index in [-0.39, 0.29) is 23.8 Å². The molecule has 1 atom stereocenters. The Morgan fingerprint density at radius 3 is 2.59 bits per heavy atom. The predicted octanol–water partition coefficient (Wildman–Crippen LogP) is 3.40. The van der Waals surface area contributed by atoms with Gasteiger partial charge in [0.25, 0.3) is 5.91 Å². The van der Waals surface area contributed by atoms with Crippen molar-refractivity contribution in [3.05, 3.63) is 52.9 Å². The van der Waals surface area contributed by atoms with Crippen molar-refractivity contribution < 1.29 is 14.7 Å². The molecule has 1 aromatic carbocycles. The third kappa shape index (κ3) is 4.33. The largest absolute Gasteiger partial charge is 0.384 e. The fourth-order valence-electron chi connectivity index (χ4n) is 4.32. The number of rotatable bonds is 6. The Labute approximate surface area is 191 Å². The maximum Gasteiger partial charge on any atom is 0.251 e. The van der Waals surface area contributed by atoms with Crippen molar-refractivity contribution in [2.24, 2.45) is 0 Å². The summed E-state index contributed by atoms with van der Waals surface area (Å²) in [5, 5.41) is 14.1. The van der Waals surface area contributed by atoms with Gasteiger partial charge in [-0.3, -0.25) is 9.59 Å². The lowest BCUT2D eigenvalue weighted by Crippen LogP contribution is -2.45. The van der Waals surface area contributed by atoms with E-state index in [1.54, 1.807) is 42.4 Å². The SMILES string of the molecule is C[C@H](O)C(=O)N(C)C1CCC(Nc2ncnc3[nH]cc(C(=O)c4ccccc4Cl)c23)CC1. The number of carbonyl (C=O) groups is 2. The number of aromatic nitrogens is 3. The lowest BCUT2D eigenvalue weighted by Gasteiger charge is -2.35. The zero-order chi connectivity index (χ0) is 22.8. The normalized spacial score (nSPS) is 19.5. The maximum absolute atomic E-state index is 13.2. The summed E-state index contributed by atoms with van der Waals surface area (Å²) in [5.41, 5.74) is 1.47. The second-order valence-corrected chi connectivity index (χ2v) is 8.64. The van der Waals surface area contributed by atoms with Crippen molar-refractivity contribution >= 4 is 40.1 Å². The van der Waals surface area contributed by atoms with E-state index < -0.39 is 6.10 Å². The zero-order valence-corrected chi connectivity index (χ0v) is 18.8. The molecule has 1 amide bonds. The van der Waals surface area contributed by atoms with Crippen molar-refractivity contribution in [1.82, 2.24) is 19.9 Å². The number of hydrogen-bond acceptors (Lipinski definition) is 6. The average Bonchev–Trinajstić information content (AvgIpc) is 3.24. The van der Waals surface area contributed by atoms with Gasteiger partial charge in [0.05, 0.1) is 16.0 Å². The van der Waals surface area contributed by atoms with E-state index in [2.05, 4.69) is 20.3 Å². The topological polar surface area (TPSA) is 111 Å². The molecule has 168 valence electrons. The standard InChI is InChI=1S/C23H26ClN5O3/c1-13(30)23(32)29(2)15-9-7-14(8-10-15)28-22-19-17(11-25-21(19)26-12-27-22)20(31)16-5-3-4-6-18(16)24/h3-6,11-15,30H,7-10H2,1-2H3,(H2,25,26,27,28)/t13-,14?,15?/m0/s1. The maximum atomic E-state index is 13.2. The number of nitrogens with one attached hydrogen (secondary N) is 2. The Balaban J connectivity index is 1.53. The summed E-state index contributed by atoms with van der Waals surface area (Å²) < 4.78 is 0. The first-order valence-electron chi connectivity index (χ1n) is 10.7. The molecule has 0 unspecified atom stereocenters. The van der Waals surface area contributed by atoms with Crippen LogP contribution in [0, 0.1) is 0 Å². The van der Waals surface area contributed by atoms with Gasteiger partial charge in [-0.05, 0) is 44.7 Å². The van der Waals surface area contributed by atoms with Crippen molar-refractivity contribution in [3.63, 3.8) is 0 Å². The number of amides is 1. The highest BCUT2D eigenvalue weighted by molar-refractivity contribution is 6.35. The molecule has 2 heterocycles. The molecule has 1 fully saturated rings. The van der Waals surface area contributed by atoms with Crippen molar-refractivity contribution in [3.8, 4) is 0 Å². The van der Waals surface area contributed by atoms with E-state index in [0.717, 1.165) is 25.7 Å². The Hall–Kier alpha value is -2.97. The van der Waals surface area contributed by atoms with Gasteiger partial charge in [-0.15, -0.1) is 0 Å². The predicted molar refractivity (Wildman–Crippen MR) is 123 cm³/mol. The van der Waals surface area contributed by atoms with Crippen LogP contribution in [0.5, 0.6) is 0 Å². The lowest BCUT2D eigenvalue weighted by atomic mass is 9.90. The molecule has 1 aliphatic rings. The third-order valence-electron chi connectivity index (χ3n) is 6.12. The molecular formula is C23H26ClN5O3. The quantitative estimate of drug-likeness (QED) is 0.491. The van der Waals surface area contributed by atoms with Gasteiger partial charge in [0.2, 0.25) is 0 Å². The first-order chi connectivity index (χ1) is 15.4. The van der Waals surface area contributed by atoms with E-state index >= 15 is 0 Å². The smallest absolute Gasteiger partial charge is 0.251 e. The number of fused-ring (bicyclic) bond motifs is 1. The monoisotopic (exact) mass is 455 g/mol. The van der Waals surface area contributed by atoms with Gasteiger partial charge >= 0.3 is 0 Å². The molecule has 3 N–H and O–H groups in total. The highest BCUT2D eigenvalue weighted by atomic mass is 35.5. The summed E-state index contributed by atoms with van der Waals surface area (Å²) in [7, 11) is 1.74. The number of ketones is 1. The number of likely N-dealkylation sites (N-methyl/N-ethyl adjacent to an activating group) is 1. The van der Waals surface area contributed by atoms with Gasteiger partial charge < -0.3 is 20.3 Å². The van der Waals surface area contributed by atoms with Crippen LogP contribution in [0.4, 0.5) is 5.82 Å². The minimum absolute atomic E-state index is 0.102. The number of anilines is 1. The molecule has 1 aliphatic carbocycles. The number of nitrogens with zero attached hydrogens (tertiary/aromatic N) is 3. The van der Waals surface area contributed by atoms with E-state index in [9.17, 15) is 14.7 Å². The number of carbonyl (C=O) groups excluding carboxylic acids is 2. The second kappa shape index (κ2) is 9.26. The highest BCUT2D eigenvalue weighted by Crippen LogP contribution is 2.30. The molecular weight excluding hydrogens is 430 g/mol. The van der Waals surface area contributed by atoms with Crippen LogP contribution in [0.3, 0.4) is 0 Å². The van der Waals surface area contributed by atoms with Gasteiger partial charge in [0.1, 0.15) is 23.9 Å². The summed E-state index contributed by atoms with van der Waals surface area (Å²) in [6.45, 7) is 1.49. The number of aliphatic hydroxyl groups is 1. The number of benzene rings is 1. The van der Waals surface area contributed by atoms with E-state index in [1.807, 2.05) is 0 Å². The Morgan fingerprint density at radius 1 is 1.19 bits per heavy atom. The highest BCUT2D eigenvalue weighted by Gasteiger charge is 2.29. The molecule has 9 heteroatoms. The number of H-pyrrole nitrogens is 1. The molecule has 0 radical (unpaired) electrons. The summed E-state index contributed by atoms with van der Waals surface area (Å²) in [5.74, 6) is 0.152. The van der Waals surface area contributed by atoms with Crippen molar-refractivity contribution in [1.29, 1.82) is 0 Å². The summed E-state index contributed by atoms with van der Waals surface area (Å²) in [6.07, 6.45) is 5.43. The van der Waals surface area contributed by atoms with Gasteiger partial charge in [0, 0.05) is 30.9 Å². The molecule has 3 aromatic rings. The van der Waals surface area contributed by atoms with Gasteiger partial charge in [-0.1, -0.05) is 23.7 Å². The molecule has 0 aliphatic heterocycles. The number of halogens is 1. The van der Waals surface area contributed by atoms with E-state index in [1.165, 1.54) is 13.3 Å². The van der Waals surface area contributed by atoms with Crippen molar-refractivity contribution in [2.75, 3.05) is 12.4 Å². The fraction of sp³-hybridized carbons (Fsp3) is 0.391. The Kier molecular flexibility index (Phi) is 6.43. The third-order valence-corrected chi connectivity index (χ3v) is 6.45. The molecule has 0 saturated heterocycles. The van der Waals surface area contributed by atoms with Crippen LogP contribution in [0.1, 0.15) is 48.5 Å². The average molecular weight is 456 g/mol. The molecule has 0 spiro atoms. The minimum Gasteiger partial charge on any atom is -0.384 e. The van der Waals surface area contributed by atoms with Crippen LogP contribution in [0.2, 0.25) is 5.02 Å². The lowest BCUT2D eigenvalue weighted by molar-refractivity contribution is -0.140. The number of aliphatic hydroxyl groups excluding tert-OH is 1. The van der Waals surface area contributed by atoms with Crippen LogP contribution in [-0.2, 0) is 4.79 Å². The molecule has 4 rings (SSSR count). The number of hydrogen-bond donors (Lipinski definition) is 3. The molecule has 2 aromatic heterocycles. The van der Waals surface area contributed by atoms with Crippen LogP contribution < -0.4 is 5.32 Å². The molecule has 1 saturated carbocycles. The summed E-state index contributed by atoms with van der Waals surface area (Å²) in [4.78, 5) is 38.6. The van der Waals surface area contributed by atoms with Crippen LogP contribution >= 0.6 is 11.6 Å². The Bertz CT molecular complexity index is 1140. The van der Waals surface area contributed by atoms with Gasteiger partial charge in [-0.25, -0.2) is 9.97 Å². The van der Waals surface area contributed by atoms with Gasteiger partial charge in [0.15, 0.2) is 5.78 Å². The molecule has 32 heavy (non-hydrogen) atoms. The Morgan fingerprint density at radius 2 is 1.91 bits per heavy atom. The van der Waals surface area contributed by atoms with Gasteiger partial charge in [-0.2, -0.15) is 0 Å². The molecule has 8 nitrogen and oxygen atoms in total. The van der Waals surface area contributed by atoms with E-state index in [0.29, 0.717) is 33.0 Å². The van der Waals surface area contributed by atoms with Crippen LogP contribution in [0.25, 0.3) is 11.0 Å². The summed E-state index contributed by atoms with van der Waals surface area (Å²) >= 11 is 6.24. The zero-order valence-electron chi connectivity index (χ0n) is 18.0.